The molecule has 0 unspecified atom stereocenters. The van der Waals surface area contributed by atoms with Gasteiger partial charge in [0.25, 0.3) is 0 Å². The molecule has 1 aromatic rings. The molecule has 1 aliphatic carbocycles. The van der Waals surface area contributed by atoms with E-state index in [2.05, 4.69) is 22.5 Å². The van der Waals surface area contributed by atoms with Crippen LogP contribution < -0.4 is 5.32 Å². The van der Waals surface area contributed by atoms with Gasteiger partial charge in [0, 0.05) is 23.9 Å². The van der Waals surface area contributed by atoms with Gasteiger partial charge in [-0.25, -0.2) is 0 Å². The molecule has 2 heterocycles. The van der Waals surface area contributed by atoms with Gasteiger partial charge in [0.05, 0.1) is 0 Å². The van der Waals surface area contributed by atoms with Gasteiger partial charge >= 0.3 is 5.97 Å². The maximum absolute atomic E-state index is 11.1. The van der Waals surface area contributed by atoms with E-state index in [4.69, 9.17) is 5.11 Å². The third kappa shape index (κ3) is 1.60. The average molecular weight is 232 g/mol. The number of nitrogens with one attached hydrogen (secondary N) is 2. The highest BCUT2D eigenvalue weighted by Gasteiger charge is 2.32. The second-order valence-corrected chi connectivity index (χ2v) is 4.83. The second kappa shape index (κ2) is 3.74. The number of aryl methyl sites for hydroxylation is 1. The molecule has 4 heteroatoms. The van der Waals surface area contributed by atoms with Gasteiger partial charge in [-0.05, 0) is 30.9 Å². The molecule has 0 spiro atoms. The Hall–Kier alpha value is -1.55. The monoisotopic (exact) mass is 232 g/mol. The number of carbonyl (C=O) groups is 1. The Balaban J connectivity index is 2.06. The third-order valence-corrected chi connectivity index (χ3v) is 3.70. The number of rotatable bonds is 1. The standard InChI is InChI=1S/C13H16N2O2/c1-7-12-9(6-11(14-7)13(16)17)8-4-2-3-5-10(8)15-12/h2,4,7,11,14-15H,3,5-6H2,1H3,(H,16,17)/t7-,11-/m0/s1. The molecule has 0 fully saturated rings. The molecule has 1 aliphatic heterocycles. The summed E-state index contributed by atoms with van der Waals surface area (Å²) in [7, 11) is 0. The van der Waals surface area contributed by atoms with E-state index < -0.39 is 12.0 Å². The molecule has 0 bridgehead atoms. The van der Waals surface area contributed by atoms with E-state index in [1.165, 1.54) is 22.5 Å². The first-order valence-electron chi connectivity index (χ1n) is 6.06. The quantitative estimate of drug-likeness (QED) is 0.689. The molecule has 0 amide bonds. The Morgan fingerprint density at radius 1 is 1.53 bits per heavy atom. The van der Waals surface area contributed by atoms with Crippen LogP contribution in [0.5, 0.6) is 0 Å². The topological polar surface area (TPSA) is 65.1 Å². The minimum absolute atomic E-state index is 0.0823. The van der Waals surface area contributed by atoms with Crippen molar-refractivity contribution in [2.45, 2.75) is 38.3 Å². The lowest BCUT2D eigenvalue weighted by molar-refractivity contribution is -0.139. The molecule has 0 saturated heterocycles. The highest BCUT2D eigenvalue weighted by Crippen LogP contribution is 2.33. The smallest absolute Gasteiger partial charge is 0.321 e. The van der Waals surface area contributed by atoms with Gasteiger partial charge in [-0.3, -0.25) is 10.1 Å². The van der Waals surface area contributed by atoms with Crippen LogP contribution in [0.3, 0.4) is 0 Å². The van der Waals surface area contributed by atoms with Crippen molar-refractivity contribution in [3.8, 4) is 0 Å². The number of carboxylic acids is 1. The SMILES string of the molecule is C[C@@H]1N[C@H](C(=O)O)Cc2c1[nH]c1c2C=CCC1. The maximum atomic E-state index is 11.1. The molecule has 3 rings (SSSR count). The predicted octanol–water partition coefficient (Wildman–Crippen LogP) is 1.63. The highest BCUT2D eigenvalue weighted by atomic mass is 16.4. The summed E-state index contributed by atoms with van der Waals surface area (Å²) in [6.07, 6.45) is 6.97. The van der Waals surface area contributed by atoms with E-state index in [0.717, 1.165) is 12.8 Å². The predicted molar refractivity (Wildman–Crippen MR) is 64.8 cm³/mol. The summed E-state index contributed by atoms with van der Waals surface area (Å²) in [6, 6.07) is -0.383. The van der Waals surface area contributed by atoms with Crippen LogP contribution >= 0.6 is 0 Å². The molecule has 17 heavy (non-hydrogen) atoms. The van der Waals surface area contributed by atoms with Crippen molar-refractivity contribution in [2.75, 3.05) is 0 Å². The number of allylic oxidation sites excluding steroid dienone is 1. The molecular formula is C13H16N2O2. The summed E-state index contributed by atoms with van der Waals surface area (Å²) in [5, 5.41) is 12.3. The van der Waals surface area contributed by atoms with E-state index in [1.54, 1.807) is 0 Å². The van der Waals surface area contributed by atoms with Crippen LogP contribution in [0.4, 0.5) is 0 Å². The van der Waals surface area contributed by atoms with Crippen LogP contribution in [0.1, 0.15) is 41.9 Å². The zero-order chi connectivity index (χ0) is 12.0. The number of aromatic nitrogens is 1. The molecule has 1 aromatic heterocycles. The van der Waals surface area contributed by atoms with Crippen molar-refractivity contribution in [3.63, 3.8) is 0 Å². The van der Waals surface area contributed by atoms with Gasteiger partial charge in [-0.2, -0.15) is 0 Å². The number of carboxylic acid groups (broad SMARTS) is 1. The van der Waals surface area contributed by atoms with Crippen molar-refractivity contribution in [2.24, 2.45) is 0 Å². The zero-order valence-corrected chi connectivity index (χ0v) is 9.79. The summed E-state index contributed by atoms with van der Waals surface area (Å²) in [4.78, 5) is 14.6. The normalized spacial score (nSPS) is 26.4. The van der Waals surface area contributed by atoms with Crippen molar-refractivity contribution in [3.05, 3.63) is 28.6 Å². The van der Waals surface area contributed by atoms with Crippen LogP contribution in [0.25, 0.3) is 6.08 Å². The fourth-order valence-electron chi connectivity index (χ4n) is 2.86. The first-order chi connectivity index (χ1) is 8.16. The van der Waals surface area contributed by atoms with Crippen LogP contribution in [0.2, 0.25) is 0 Å². The van der Waals surface area contributed by atoms with E-state index in [-0.39, 0.29) is 6.04 Å². The van der Waals surface area contributed by atoms with Crippen molar-refractivity contribution >= 4 is 12.0 Å². The number of hydrogen-bond donors (Lipinski definition) is 3. The molecule has 2 aliphatic rings. The Morgan fingerprint density at radius 2 is 2.35 bits per heavy atom. The summed E-state index contributed by atoms with van der Waals surface area (Å²) < 4.78 is 0. The second-order valence-electron chi connectivity index (χ2n) is 4.83. The Morgan fingerprint density at radius 3 is 3.12 bits per heavy atom. The van der Waals surface area contributed by atoms with E-state index in [0.29, 0.717) is 6.42 Å². The van der Waals surface area contributed by atoms with Crippen LogP contribution in [-0.2, 0) is 17.6 Å². The lowest BCUT2D eigenvalue weighted by Crippen LogP contribution is -2.43. The zero-order valence-electron chi connectivity index (χ0n) is 9.79. The molecule has 0 saturated carbocycles. The van der Waals surface area contributed by atoms with E-state index in [9.17, 15) is 4.79 Å². The molecule has 90 valence electrons. The van der Waals surface area contributed by atoms with Crippen LogP contribution in [0.15, 0.2) is 6.08 Å². The van der Waals surface area contributed by atoms with E-state index in [1.807, 2.05) is 6.92 Å². The Bertz CT molecular complexity index is 502. The van der Waals surface area contributed by atoms with E-state index >= 15 is 0 Å². The molecule has 4 nitrogen and oxygen atoms in total. The van der Waals surface area contributed by atoms with Gasteiger partial charge in [-0.1, -0.05) is 12.2 Å². The lowest BCUT2D eigenvalue weighted by atomic mass is 9.91. The largest absolute Gasteiger partial charge is 0.480 e. The van der Waals surface area contributed by atoms with Gasteiger partial charge in [0.1, 0.15) is 6.04 Å². The summed E-state index contributed by atoms with van der Waals surface area (Å²) >= 11 is 0. The summed E-state index contributed by atoms with van der Waals surface area (Å²) in [5.41, 5.74) is 4.84. The minimum Gasteiger partial charge on any atom is -0.480 e. The molecule has 0 radical (unpaired) electrons. The number of aromatic amines is 1. The minimum atomic E-state index is -0.766. The first kappa shape index (κ1) is 10.6. The van der Waals surface area contributed by atoms with Crippen LogP contribution in [-0.4, -0.2) is 22.1 Å². The average Bonchev–Trinajstić information content (AvgIpc) is 2.68. The third-order valence-electron chi connectivity index (χ3n) is 3.70. The lowest BCUT2D eigenvalue weighted by Gasteiger charge is -2.26. The maximum Gasteiger partial charge on any atom is 0.321 e. The first-order valence-corrected chi connectivity index (χ1v) is 6.06. The van der Waals surface area contributed by atoms with Crippen molar-refractivity contribution in [1.82, 2.24) is 10.3 Å². The highest BCUT2D eigenvalue weighted by molar-refractivity contribution is 5.75. The summed E-state index contributed by atoms with van der Waals surface area (Å²) in [5.74, 6) is -0.766. The number of H-pyrrole nitrogens is 1. The number of aliphatic carboxylic acids is 1. The van der Waals surface area contributed by atoms with Gasteiger partial charge < -0.3 is 10.1 Å². The van der Waals surface area contributed by atoms with Crippen LogP contribution in [0, 0.1) is 0 Å². The summed E-state index contributed by atoms with van der Waals surface area (Å²) in [6.45, 7) is 2.01. The van der Waals surface area contributed by atoms with Crippen molar-refractivity contribution in [1.29, 1.82) is 0 Å². The molecule has 0 aromatic carbocycles. The van der Waals surface area contributed by atoms with Gasteiger partial charge in [0.15, 0.2) is 0 Å². The Kier molecular flexibility index (Phi) is 2.33. The van der Waals surface area contributed by atoms with Crippen molar-refractivity contribution < 1.29 is 9.90 Å². The number of hydrogen-bond acceptors (Lipinski definition) is 2. The van der Waals surface area contributed by atoms with Gasteiger partial charge in [0.2, 0.25) is 0 Å². The Labute approximate surface area is 99.7 Å². The van der Waals surface area contributed by atoms with Gasteiger partial charge in [-0.15, -0.1) is 0 Å². The fraction of sp³-hybridized carbons (Fsp3) is 0.462. The molecular weight excluding hydrogens is 216 g/mol. The molecule has 2 atom stereocenters. The number of fused-ring (bicyclic) bond motifs is 3. The fourth-order valence-corrected chi connectivity index (χ4v) is 2.86. The molecule has 3 N–H and O–H groups in total.